The minimum atomic E-state index is -1.07. The number of alkyl carbamates (subject to hydrolysis) is 1. The van der Waals surface area contributed by atoms with Crippen molar-refractivity contribution in [1.29, 1.82) is 0 Å². The Morgan fingerprint density at radius 3 is 2.27 bits per heavy atom. The van der Waals surface area contributed by atoms with Gasteiger partial charge in [0.25, 0.3) is 0 Å². The third kappa shape index (κ3) is 5.26. The van der Waals surface area contributed by atoms with Gasteiger partial charge >= 0.3 is 12.1 Å². The zero-order chi connectivity index (χ0) is 21.5. The Bertz CT molecular complexity index is 924. The Labute approximate surface area is 174 Å². The summed E-state index contributed by atoms with van der Waals surface area (Å²) in [6.45, 7) is 2.02. The normalized spacial score (nSPS) is 13.4. The highest BCUT2D eigenvalue weighted by molar-refractivity contribution is 5.81. The number of amides is 2. The first-order valence-corrected chi connectivity index (χ1v) is 9.73. The van der Waals surface area contributed by atoms with Gasteiger partial charge in [-0.05, 0) is 29.2 Å². The van der Waals surface area contributed by atoms with Crippen LogP contribution in [0.4, 0.5) is 4.79 Å². The molecule has 3 N–H and O–H groups in total. The number of hydrogen-bond donors (Lipinski definition) is 3. The van der Waals surface area contributed by atoms with Crippen LogP contribution in [0.25, 0.3) is 11.1 Å². The van der Waals surface area contributed by atoms with Crippen molar-refractivity contribution in [1.82, 2.24) is 10.6 Å². The predicted octanol–water partition coefficient (Wildman–Crippen LogP) is 3.06. The van der Waals surface area contributed by atoms with E-state index in [4.69, 9.17) is 9.84 Å². The molecule has 7 nitrogen and oxygen atoms in total. The lowest BCUT2D eigenvalue weighted by Crippen LogP contribution is -2.38. The third-order valence-electron chi connectivity index (χ3n) is 4.88. The van der Waals surface area contributed by atoms with Gasteiger partial charge < -0.3 is 20.5 Å². The summed E-state index contributed by atoms with van der Waals surface area (Å²) in [4.78, 5) is 34.4. The summed E-state index contributed by atoms with van der Waals surface area (Å²) >= 11 is 0. The number of carboxylic acid groups (broad SMARTS) is 1. The molecule has 7 heteroatoms. The van der Waals surface area contributed by atoms with E-state index in [1.807, 2.05) is 36.4 Å². The van der Waals surface area contributed by atoms with Crippen molar-refractivity contribution >= 4 is 18.0 Å². The van der Waals surface area contributed by atoms with Gasteiger partial charge in [0.2, 0.25) is 5.91 Å². The molecule has 1 atom stereocenters. The summed E-state index contributed by atoms with van der Waals surface area (Å²) < 4.78 is 5.46. The van der Waals surface area contributed by atoms with E-state index in [1.165, 1.54) is 6.08 Å². The number of rotatable bonds is 8. The van der Waals surface area contributed by atoms with Crippen LogP contribution in [0.3, 0.4) is 0 Å². The molecule has 0 fully saturated rings. The molecule has 0 aliphatic heterocycles. The van der Waals surface area contributed by atoms with Crippen molar-refractivity contribution in [3.63, 3.8) is 0 Å². The van der Waals surface area contributed by atoms with Crippen molar-refractivity contribution < 1.29 is 24.2 Å². The number of hydrogen-bond acceptors (Lipinski definition) is 4. The maximum Gasteiger partial charge on any atom is 0.407 e. The number of benzene rings is 2. The molecule has 0 bridgehead atoms. The first-order valence-electron chi connectivity index (χ1n) is 9.73. The van der Waals surface area contributed by atoms with E-state index in [1.54, 1.807) is 6.92 Å². The molecular formula is C23H24N2O5. The van der Waals surface area contributed by atoms with Crippen LogP contribution in [0.5, 0.6) is 0 Å². The number of carboxylic acids is 1. The quantitative estimate of drug-likeness (QED) is 0.583. The minimum absolute atomic E-state index is 0.0252. The number of fused-ring (bicyclic) bond motifs is 3. The molecule has 2 aromatic rings. The van der Waals surface area contributed by atoms with Crippen molar-refractivity contribution in [2.45, 2.75) is 25.3 Å². The second-order valence-electron chi connectivity index (χ2n) is 7.12. The number of carbonyl (C=O) groups is 3. The topological polar surface area (TPSA) is 105 Å². The molecule has 0 saturated carbocycles. The summed E-state index contributed by atoms with van der Waals surface area (Å²) in [6, 6.07) is 15.8. The molecule has 0 heterocycles. The Hall–Kier alpha value is -3.61. The highest BCUT2D eigenvalue weighted by Crippen LogP contribution is 2.44. The van der Waals surface area contributed by atoms with Gasteiger partial charge in [-0.2, -0.15) is 0 Å². The van der Waals surface area contributed by atoms with Gasteiger partial charge in [0.15, 0.2) is 0 Å². The molecule has 0 spiro atoms. The van der Waals surface area contributed by atoms with Gasteiger partial charge in [-0.15, -0.1) is 0 Å². The van der Waals surface area contributed by atoms with Crippen LogP contribution in [0, 0.1) is 0 Å². The molecule has 2 amide bonds. The Balaban J connectivity index is 1.49. The van der Waals surface area contributed by atoms with Crippen LogP contribution in [-0.4, -0.2) is 42.3 Å². The number of ether oxygens (including phenoxy) is 1. The smallest absolute Gasteiger partial charge is 0.407 e. The molecule has 3 rings (SSSR count). The molecule has 1 aliphatic carbocycles. The Morgan fingerprint density at radius 2 is 1.67 bits per heavy atom. The SMILES string of the molecule is CC(CC(=O)NC/C=C/C(=O)O)NC(=O)OCC1c2ccccc2-c2ccccc21. The van der Waals surface area contributed by atoms with E-state index in [0.717, 1.165) is 28.3 Å². The van der Waals surface area contributed by atoms with Crippen molar-refractivity contribution in [2.75, 3.05) is 13.2 Å². The predicted molar refractivity (Wildman–Crippen MR) is 112 cm³/mol. The third-order valence-corrected chi connectivity index (χ3v) is 4.88. The molecule has 30 heavy (non-hydrogen) atoms. The lowest BCUT2D eigenvalue weighted by atomic mass is 9.98. The average molecular weight is 408 g/mol. The van der Waals surface area contributed by atoms with Gasteiger partial charge in [0.05, 0.1) is 0 Å². The lowest BCUT2D eigenvalue weighted by molar-refractivity contribution is -0.131. The van der Waals surface area contributed by atoms with E-state index in [-0.39, 0.29) is 31.4 Å². The summed E-state index contributed by atoms with van der Waals surface area (Å²) in [7, 11) is 0. The summed E-state index contributed by atoms with van der Waals surface area (Å²) in [6.07, 6.45) is 1.77. The molecule has 0 saturated heterocycles. The van der Waals surface area contributed by atoms with Crippen LogP contribution in [0.1, 0.15) is 30.4 Å². The van der Waals surface area contributed by atoms with E-state index in [2.05, 4.69) is 22.8 Å². The van der Waals surface area contributed by atoms with Crippen LogP contribution >= 0.6 is 0 Å². The number of aliphatic carboxylic acids is 1. The van der Waals surface area contributed by atoms with Crippen LogP contribution < -0.4 is 10.6 Å². The maximum atomic E-state index is 12.2. The molecule has 0 aromatic heterocycles. The number of nitrogens with one attached hydrogen (secondary N) is 2. The van der Waals surface area contributed by atoms with Gasteiger partial charge in [-0.25, -0.2) is 9.59 Å². The van der Waals surface area contributed by atoms with Gasteiger partial charge in [-0.1, -0.05) is 54.6 Å². The number of carbonyl (C=O) groups excluding carboxylic acids is 2. The van der Waals surface area contributed by atoms with Crippen LogP contribution in [0.15, 0.2) is 60.7 Å². The molecule has 0 radical (unpaired) electrons. The van der Waals surface area contributed by atoms with Crippen LogP contribution in [0.2, 0.25) is 0 Å². The molecule has 1 aliphatic rings. The van der Waals surface area contributed by atoms with E-state index in [9.17, 15) is 14.4 Å². The zero-order valence-electron chi connectivity index (χ0n) is 16.6. The largest absolute Gasteiger partial charge is 0.478 e. The monoisotopic (exact) mass is 408 g/mol. The molecular weight excluding hydrogens is 384 g/mol. The Kier molecular flexibility index (Phi) is 6.85. The second-order valence-corrected chi connectivity index (χ2v) is 7.12. The lowest BCUT2D eigenvalue weighted by Gasteiger charge is -2.17. The Morgan fingerprint density at radius 1 is 1.07 bits per heavy atom. The first kappa shape index (κ1) is 21.1. The van der Waals surface area contributed by atoms with Crippen molar-refractivity contribution in [3.05, 3.63) is 71.8 Å². The maximum absolute atomic E-state index is 12.2. The van der Waals surface area contributed by atoms with Crippen LogP contribution in [-0.2, 0) is 14.3 Å². The summed E-state index contributed by atoms with van der Waals surface area (Å²) in [5.74, 6) is -1.39. The van der Waals surface area contributed by atoms with Crippen molar-refractivity contribution in [2.24, 2.45) is 0 Å². The second kappa shape index (κ2) is 9.73. The van der Waals surface area contributed by atoms with Crippen molar-refractivity contribution in [3.8, 4) is 11.1 Å². The summed E-state index contributed by atoms with van der Waals surface area (Å²) in [5.41, 5.74) is 4.58. The fraction of sp³-hybridized carbons (Fsp3) is 0.261. The highest BCUT2D eigenvalue weighted by atomic mass is 16.5. The zero-order valence-corrected chi connectivity index (χ0v) is 16.6. The highest BCUT2D eigenvalue weighted by Gasteiger charge is 2.29. The minimum Gasteiger partial charge on any atom is -0.478 e. The fourth-order valence-corrected chi connectivity index (χ4v) is 3.58. The van der Waals surface area contributed by atoms with E-state index < -0.39 is 18.1 Å². The first-order chi connectivity index (χ1) is 14.5. The molecule has 1 unspecified atom stereocenters. The average Bonchev–Trinajstić information content (AvgIpc) is 3.03. The van der Waals surface area contributed by atoms with E-state index >= 15 is 0 Å². The molecule has 2 aromatic carbocycles. The van der Waals surface area contributed by atoms with Gasteiger partial charge in [0.1, 0.15) is 6.61 Å². The van der Waals surface area contributed by atoms with Gasteiger partial charge in [0, 0.05) is 31.0 Å². The van der Waals surface area contributed by atoms with E-state index in [0.29, 0.717) is 0 Å². The summed E-state index contributed by atoms with van der Waals surface area (Å²) in [5, 5.41) is 13.7. The van der Waals surface area contributed by atoms with Gasteiger partial charge in [-0.3, -0.25) is 4.79 Å². The standard InChI is InChI=1S/C23H24N2O5/c1-15(13-21(26)24-12-6-11-22(27)28)25-23(29)30-14-20-18-9-4-2-7-16(18)17-8-3-5-10-19(17)20/h2-11,15,20H,12-14H2,1H3,(H,24,26)(H,25,29)(H,27,28)/b11-6+. The molecule has 156 valence electrons. The fourth-order valence-electron chi connectivity index (χ4n) is 3.58.